The molecule has 0 unspecified atom stereocenters. The summed E-state index contributed by atoms with van der Waals surface area (Å²) in [7, 11) is -3.87. The minimum absolute atomic E-state index is 0.0420. The molecule has 2 aromatic carbocycles. The van der Waals surface area contributed by atoms with E-state index in [-0.39, 0.29) is 16.1 Å². The van der Waals surface area contributed by atoms with E-state index in [1.54, 1.807) is 18.2 Å². The Kier molecular flexibility index (Phi) is 4.60. The highest BCUT2D eigenvalue weighted by Gasteiger charge is 2.17. The molecule has 0 spiro atoms. The monoisotopic (exact) mass is 368 g/mol. The first-order chi connectivity index (χ1) is 9.97. The minimum Gasteiger partial charge on any atom is -0.278 e. The average Bonchev–Trinajstić information content (AvgIpc) is 2.47. The molecule has 0 aliphatic rings. The van der Waals surface area contributed by atoms with E-state index in [4.69, 9.17) is 5.26 Å². The molecule has 4 nitrogen and oxygen atoms in total. The molecule has 7 heteroatoms. The van der Waals surface area contributed by atoms with Crippen LogP contribution in [0.4, 0.5) is 10.1 Å². The molecule has 0 heterocycles. The Morgan fingerprint density at radius 2 is 1.86 bits per heavy atom. The molecule has 2 rings (SSSR count). The van der Waals surface area contributed by atoms with E-state index >= 15 is 0 Å². The summed E-state index contributed by atoms with van der Waals surface area (Å²) in [5.41, 5.74) is 0.512. The first kappa shape index (κ1) is 15.5. The topological polar surface area (TPSA) is 70.0 Å². The fraction of sp³-hybridized carbons (Fsp3) is 0.0714. The van der Waals surface area contributed by atoms with Crippen LogP contribution >= 0.6 is 15.9 Å². The highest BCUT2D eigenvalue weighted by molar-refractivity contribution is 9.08. The highest BCUT2D eigenvalue weighted by atomic mass is 79.9. The van der Waals surface area contributed by atoms with Gasteiger partial charge in [-0.3, -0.25) is 4.72 Å². The minimum atomic E-state index is -3.87. The van der Waals surface area contributed by atoms with Crippen molar-refractivity contribution in [2.75, 3.05) is 4.72 Å². The van der Waals surface area contributed by atoms with E-state index in [0.29, 0.717) is 5.33 Å². The van der Waals surface area contributed by atoms with Gasteiger partial charge in [0.25, 0.3) is 10.0 Å². The molecule has 0 bridgehead atoms. The first-order valence-corrected chi connectivity index (χ1v) is 8.45. The molecule has 108 valence electrons. The predicted octanol–water partition coefficient (Wildman–Crippen LogP) is 3.39. The standard InChI is InChI=1S/C14H10BrFN2O2S/c15-8-10-4-6-11(7-5-10)21(19,20)18-14-3-1-2-13(16)12(14)9-17/h1-7,18H,8H2. The second-order valence-electron chi connectivity index (χ2n) is 4.16. The van der Waals surface area contributed by atoms with Gasteiger partial charge in [0, 0.05) is 5.33 Å². The summed E-state index contributed by atoms with van der Waals surface area (Å²) in [5.74, 6) is -0.771. The van der Waals surface area contributed by atoms with Crippen molar-refractivity contribution in [3.05, 3.63) is 59.4 Å². The molecular weight excluding hydrogens is 359 g/mol. The SMILES string of the molecule is N#Cc1c(F)cccc1NS(=O)(=O)c1ccc(CBr)cc1. The lowest BCUT2D eigenvalue weighted by Gasteiger charge is -2.10. The van der Waals surface area contributed by atoms with Crippen molar-refractivity contribution >= 4 is 31.6 Å². The van der Waals surface area contributed by atoms with Gasteiger partial charge in [0.1, 0.15) is 17.4 Å². The van der Waals surface area contributed by atoms with Gasteiger partial charge < -0.3 is 0 Å². The zero-order valence-electron chi connectivity index (χ0n) is 10.7. The van der Waals surface area contributed by atoms with E-state index in [0.717, 1.165) is 11.6 Å². The van der Waals surface area contributed by atoms with Crippen molar-refractivity contribution in [3.8, 4) is 6.07 Å². The number of hydrogen-bond acceptors (Lipinski definition) is 3. The van der Waals surface area contributed by atoms with Crippen LogP contribution in [0.1, 0.15) is 11.1 Å². The number of nitrogens with one attached hydrogen (secondary N) is 1. The Morgan fingerprint density at radius 3 is 2.43 bits per heavy atom. The van der Waals surface area contributed by atoms with Gasteiger partial charge in [0.2, 0.25) is 0 Å². The van der Waals surface area contributed by atoms with Crippen molar-refractivity contribution in [2.24, 2.45) is 0 Å². The summed E-state index contributed by atoms with van der Waals surface area (Å²) < 4.78 is 40.1. The molecule has 0 saturated heterocycles. The maximum Gasteiger partial charge on any atom is 0.261 e. The number of benzene rings is 2. The molecule has 0 saturated carbocycles. The van der Waals surface area contributed by atoms with Crippen LogP contribution in [0.2, 0.25) is 0 Å². The van der Waals surface area contributed by atoms with E-state index < -0.39 is 15.8 Å². The van der Waals surface area contributed by atoms with Gasteiger partial charge >= 0.3 is 0 Å². The lowest BCUT2D eigenvalue weighted by molar-refractivity contribution is 0.601. The van der Waals surface area contributed by atoms with Crippen molar-refractivity contribution in [3.63, 3.8) is 0 Å². The van der Waals surface area contributed by atoms with E-state index in [9.17, 15) is 12.8 Å². The van der Waals surface area contributed by atoms with Crippen molar-refractivity contribution in [1.82, 2.24) is 0 Å². The second-order valence-corrected chi connectivity index (χ2v) is 6.40. The first-order valence-electron chi connectivity index (χ1n) is 5.84. The number of nitrogens with zero attached hydrogens (tertiary/aromatic N) is 1. The quantitative estimate of drug-likeness (QED) is 0.840. The predicted molar refractivity (Wildman–Crippen MR) is 81.0 cm³/mol. The molecule has 1 N–H and O–H groups in total. The molecule has 2 aromatic rings. The number of hydrogen-bond donors (Lipinski definition) is 1. The Bertz CT molecular complexity index is 799. The summed E-state index contributed by atoms with van der Waals surface area (Å²) >= 11 is 3.27. The number of halogens is 2. The van der Waals surface area contributed by atoms with Crippen LogP contribution in [-0.2, 0) is 15.4 Å². The van der Waals surface area contributed by atoms with Gasteiger partial charge in [-0.25, -0.2) is 12.8 Å². The van der Waals surface area contributed by atoms with E-state index in [2.05, 4.69) is 20.7 Å². The molecular formula is C14H10BrFN2O2S. The van der Waals surface area contributed by atoms with Crippen LogP contribution in [0.25, 0.3) is 0 Å². The van der Waals surface area contributed by atoms with E-state index in [1.807, 2.05) is 0 Å². The fourth-order valence-electron chi connectivity index (χ4n) is 1.68. The van der Waals surface area contributed by atoms with Gasteiger partial charge in [-0.2, -0.15) is 5.26 Å². The Morgan fingerprint density at radius 1 is 1.19 bits per heavy atom. The largest absolute Gasteiger partial charge is 0.278 e. The molecule has 0 aliphatic heterocycles. The van der Waals surface area contributed by atoms with E-state index in [1.165, 1.54) is 24.3 Å². The third-order valence-electron chi connectivity index (χ3n) is 2.76. The normalized spacial score (nSPS) is 10.9. The Balaban J connectivity index is 2.38. The number of sulfonamides is 1. The fourth-order valence-corrected chi connectivity index (χ4v) is 3.13. The molecule has 0 fully saturated rings. The Labute approximate surface area is 130 Å². The van der Waals surface area contributed by atoms with Gasteiger partial charge in [-0.1, -0.05) is 34.1 Å². The van der Waals surface area contributed by atoms with Gasteiger partial charge in [0.05, 0.1) is 10.6 Å². The number of anilines is 1. The summed E-state index contributed by atoms with van der Waals surface area (Å²) in [6.07, 6.45) is 0. The zero-order valence-corrected chi connectivity index (χ0v) is 13.1. The summed E-state index contributed by atoms with van der Waals surface area (Å²) in [4.78, 5) is 0.0420. The second kappa shape index (κ2) is 6.24. The summed E-state index contributed by atoms with van der Waals surface area (Å²) in [6, 6.07) is 11.7. The summed E-state index contributed by atoms with van der Waals surface area (Å²) in [6.45, 7) is 0. The van der Waals surface area contributed by atoms with Gasteiger partial charge in [-0.05, 0) is 29.8 Å². The third kappa shape index (κ3) is 3.40. The maximum absolute atomic E-state index is 13.5. The molecule has 21 heavy (non-hydrogen) atoms. The van der Waals surface area contributed by atoms with Crippen LogP contribution in [0.15, 0.2) is 47.4 Å². The summed E-state index contributed by atoms with van der Waals surface area (Å²) in [5, 5.41) is 9.52. The average molecular weight is 369 g/mol. The van der Waals surface area contributed by atoms with Crippen LogP contribution in [-0.4, -0.2) is 8.42 Å². The van der Waals surface area contributed by atoms with Gasteiger partial charge in [0.15, 0.2) is 0 Å². The Hall–Kier alpha value is -1.91. The van der Waals surface area contributed by atoms with Crippen LogP contribution < -0.4 is 4.72 Å². The molecule has 0 radical (unpaired) electrons. The van der Waals surface area contributed by atoms with Crippen molar-refractivity contribution in [2.45, 2.75) is 10.2 Å². The van der Waals surface area contributed by atoms with Crippen LogP contribution in [0, 0.1) is 17.1 Å². The third-order valence-corrected chi connectivity index (χ3v) is 4.79. The lowest BCUT2D eigenvalue weighted by atomic mass is 10.2. The molecule has 0 amide bonds. The number of nitriles is 1. The number of alkyl halides is 1. The highest BCUT2D eigenvalue weighted by Crippen LogP contribution is 2.22. The smallest absolute Gasteiger partial charge is 0.261 e. The molecule has 0 atom stereocenters. The van der Waals surface area contributed by atoms with Crippen LogP contribution in [0.5, 0.6) is 0 Å². The molecule has 0 aliphatic carbocycles. The number of rotatable bonds is 4. The zero-order chi connectivity index (χ0) is 15.5. The molecule has 0 aromatic heterocycles. The lowest BCUT2D eigenvalue weighted by Crippen LogP contribution is -2.14. The van der Waals surface area contributed by atoms with Crippen molar-refractivity contribution < 1.29 is 12.8 Å². The van der Waals surface area contributed by atoms with Crippen LogP contribution in [0.3, 0.4) is 0 Å². The van der Waals surface area contributed by atoms with Gasteiger partial charge in [-0.15, -0.1) is 0 Å². The maximum atomic E-state index is 13.5. The van der Waals surface area contributed by atoms with Crippen molar-refractivity contribution in [1.29, 1.82) is 5.26 Å².